The normalized spacial score (nSPS) is 23.6. The minimum atomic E-state index is -0.819. The van der Waals surface area contributed by atoms with Crippen LogP contribution in [-0.4, -0.2) is 88.7 Å². The maximum absolute atomic E-state index is 14.1. The first kappa shape index (κ1) is 34.9. The number of nitrogens with one attached hydrogen (secondary N) is 3. The number of phenolic OH excluding ortho intramolecular Hbond substituents is 1. The Morgan fingerprint density at radius 2 is 1.61 bits per heavy atom. The van der Waals surface area contributed by atoms with Gasteiger partial charge in [-0.15, -0.1) is 0 Å². The van der Waals surface area contributed by atoms with Crippen LogP contribution in [0.3, 0.4) is 0 Å². The molecule has 4 aliphatic rings. The number of aromatic hydroxyl groups is 1. The molecule has 0 radical (unpaired) electrons. The van der Waals surface area contributed by atoms with Gasteiger partial charge in [0.05, 0.1) is 11.6 Å². The Morgan fingerprint density at radius 3 is 2.35 bits per heavy atom. The second kappa shape index (κ2) is 15.8. The van der Waals surface area contributed by atoms with E-state index in [9.17, 15) is 24.6 Å². The number of aliphatic hydroxyl groups excluding tert-OH is 1. The predicted octanol–water partition coefficient (Wildman–Crippen LogP) is 4.80. The van der Waals surface area contributed by atoms with Gasteiger partial charge in [0, 0.05) is 54.8 Å². The summed E-state index contributed by atoms with van der Waals surface area (Å²) in [6.07, 6.45) is 5.15. The highest BCUT2D eigenvalue weighted by atomic mass is 16.3. The number of hydrogen-bond acceptors (Lipinski definition) is 7. The molecule has 10 nitrogen and oxygen atoms in total. The van der Waals surface area contributed by atoms with Crippen LogP contribution in [-0.2, 0) is 0 Å². The van der Waals surface area contributed by atoms with Crippen molar-refractivity contribution < 1.29 is 19.8 Å². The quantitative estimate of drug-likeness (QED) is 0.135. The molecular weight excluding hydrogens is 642 g/mol. The number of rotatable bonds is 12. The van der Waals surface area contributed by atoms with Gasteiger partial charge in [-0.3, -0.25) is 14.4 Å². The van der Waals surface area contributed by atoms with Gasteiger partial charge in [0.2, 0.25) is 5.56 Å². The summed E-state index contributed by atoms with van der Waals surface area (Å²) in [5, 5.41) is 27.6. The molecule has 4 aliphatic heterocycles. The molecule has 2 unspecified atom stereocenters. The molecule has 3 aromatic carbocycles. The van der Waals surface area contributed by atoms with Crippen LogP contribution in [0.25, 0.3) is 10.9 Å². The van der Waals surface area contributed by atoms with Gasteiger partial charge in [-0.2, -0.15) is 0 Å². The number of nitrogens with zero attached hydrogens (tertiary/aromatic N) is 2. The van der Waals surface area contributed by atoms with Gasteiger partial charge in [0.15, 0.2) is 0 Å². The van der Waals surface area contributed by atoms with E-state index < -0.39 is 6.10 Å². The molecular formula is C41H49N5O5. The van der Waals surface area contributed by atoms with Crippen LogP contribution >= 0.6 is 0 Å². The first-order valence-corrected chi connectivity index (χ1v) is 18.6. The lowest BCUT2D eigenvalue weighted by Gasteiger charge is -2.52. The average Bonchev–Trinajstić information content (AvgIpc) is 3.18. The van der Waals surface area contributed by atoms with Crippen molar-refractivity contribution in [2.45, 2.75) is 56.6 Å². The minimum Gasteiger partial charge on any atom is -0.506 e. The number of aliphatic hydroxyl groups is 1. The van der Waals surface area contributed by atoms with E-state index in [0.717, 1.165) is 38.8 Å². The zero-order chi connectivity index (χ0) is 35.3. The number of likely N-dealkylation sites (tertiary alicyclic amines) is 1. The average molecular weight is 692 g/mol. The number of amides is 2. The lowest BCUT2D eigenvalue weighted by Crippen LogP contribution is -2.58. The summed E-state index contributed by atoms with van der Waals surface area (Å²) >= 11 is 0. The minimum absolute atomic E-state index is 0.0408. The van der Waals surface area contributed by atoms with E-state index in [4.69, 9.17) is 0 Å². The highest BCUT2D eigenvalue weighted by molar-refractivity contribution is 5.98. The number of aromatic amines is 1. The number of phenols is 1. The number of carbonyl (C=O) groups excluding carboxylic acids is 2. The Kier molecular flexibility index (Phi) is 10.8. The van der Waals surface area contributed by atoms with Crippen LogP contribution in [0.5, 0.6) is 5.75 Å². The number of unbranched alkanes of at least 4 members (excludes halogenated alkanes) is 1. The van der Waals surface area contributed by atoms with E-state index in [-0.39, 0.29) is 29.2 Å². The van der Waals surface area contributed by atoms with Crippen molar-refractivity contribution in [3.8, 4) is 5.75 Å². The van der Waals surface area contributed by atoms with Gasteiger partial charge < -0.3 is 35.6 Å². The number of benzene rings is 3. The standard InChI is InChI=1S/C41H49N5O5/c47-36-14-12-32(33-13-15-38(49)44-39(33)36)37(48)25-42-19-4-5-20-43-40(50)29-8-10-30(11-9-29)41(51)46-23-18-31(27-6-2-1-3-7-27)24-35(46)34-26-45-21-16-28(34)17-22-45/h1-3,6-15,28,31,34-35,37,42,47-48H,4-5,16-26H2,(H,43,50)(H,44,49)/t31?,34?,35-,37+/m1/s1. The number of pyridine rings is 1. The van der Waals surface area contributed by atoms with Crippen molar-refractivity contribution >= 4 is 22.7 Å². The lowest BCUT2D eigenvalue weighted by atomic mass is 9.70. The molecule has 4 fully saturated rings. The van der Waals surface area contributed by atoms with Gasteiger partial charge in [0.25, 0.3) is 11.8 Å². The van der Waals surface area contributed by atoms with E-state index in [1.807, 2.05) is 0 Å². The van der Waals surface area contributed by atoms with Crippen LogP contribution in [0.1, 0.15) is 82.4 Å². The van der Waals surface area contributed by atoms with Gasteiger partial charge in [-0.1, -0.05) is 36.4 Å². The molecule has 5 N–H and O–H groups in total. The van der Waals surface area contributed by atoms with Gasteiger partial charge in [-0.25, -0.2) is 0 Å². The summed E-state index contributed by atoms with van der Waals surface area (Å²) in [4.78, 5) is 46.0. The molecule has 8 rings (SSSR count). The molecule has 0 aliphatic carbocycles. The number of hydrogen-bond donors (Lipinski definition) is 5. The third-order valence-corrected chi connectivity index (χ3v) is 11.4. The largest absolute Gasteiger partial charge is 0.506 e. The summed E-state index contributed by atoms with van der Waals surface area (Å²) in [7, 11) is 0. The second-order valence-electron chi connectivity index (χ2n) is 14.5. The zero-order valence-corrected chi connectivity index (χ0v) is 29.1. The molecule has 5 heterocycles. The summed E-state index contributed by atoms with van der Waals surface area (Å²) in [6.45, 7) is 5.66. The molecule has 0 spiro atoms. The van der Waals surface area contributed by atoms with Crippen molar-refractivity contribution in [3.05, 3.63) is 111 Å². The molecule has 4 aromatic rings. The van der Waals surface area contributed by atoms with E-state index in [1.54, 1.807) is 36.4 Å². The fourth-order valence-electron chi connectivity index (χ4n) is 8.64. The van der Waals surface area contributed by atoms with Crippen LogP contribution in [0.4, 0.5) is 0 Å². The highest BCUT2D eigenvalue weighted by Gasteiger charge is 2.44. The predicted molar refractivity (Wildman–Crippen MR) is 198 cm³/mol. The van der Waals surface area contributed by atoms with E-state index in [0.29, 0.717) is 65.0 Å². The van der Waals surface area contributed by atoms with Crippen molar-refractivity contribution in [1.29, 1.82) is 0 Å². The Balaban J connectivity index is 0.883. The maximum Gasteiger partial charge on any atom is 0.254 e. The molecule has 10 heteroatoms. The van der Waals surface area contributed by atoms with Crippen molar-refractivity contribution in [2.75, 3.05) is 45.8 Å². The Hall–Kier alpha value is -4.51. The summed E-state index contributed by atoms with van der Waals surface area (Å²) in [5.41, 5.74) is 3.16. The van der Waals surface area contributed by atoms with Crippen LogP contribution in [0.15, 0.2) is 83.7 Å². The number of aromatic nitrogens is 1. The summed E-state index contributed by atoms with van der Waals surface area (Å²) < 4.78 is 0. The Bertz CT molecular complexity index is 1870. The molecule has 4 saturated heterocycles. The van der Waals surface area contributed by atoms with Crippen molar-refractivity contribution in [3.63, 3.8) is 0 Å². The van der Waals surface area contributed by atoms with E-state index in [1.165, 1.54) is 43.6 Å². The summed E-state index contributed by atoms with van der Waals surface area (Å²) in [6, 6.07) is 24.2. The molecule has 2 amide bonds. The SMILES string of the molecule is O=C(NCCCCNC[C@H](O)c1ccc(O)c2[nH]c(=O)ccc12)c1ccc(C(=O)N2CCC(c3ccccc3)C[C@@H]2C2CN3CCC2CC3)cc1. The van der Waals surface area contributed by atoms with Crippen molar-refractivity contribution in [1.82, 2.24) is 25.4 Å². The molecule has 51 heavy (non-hydrogen) atoms. The first-order valence-electron chi connectivity index (χ1n) is 18.6. The number of fused-ring (bicyclic) bond motifs is 4. The summed E-state index contributed by atoms with van der Waals surface area (Å²) in [5.74, 6) is 1.51. The fraction of sp³-hybridized carbons (Fsp3) is 0.439. The highest BCUT2D eigenvalue weighted by Crippen LogP contribution is 2.42. The van der Waals surface area contributed by atoms with E-state index in [2.05, 4.69) is 55.7 Å². The molecule has 1 aromatic heterocycles. The zero-order valence-electron chi connectivity index (χ0n) is 29.1. The molecule has 4 atom stereocenters. The molecule has 0 saturated carbocycles. The lowest BCUT2D eigenvalue weighted by molar-refractivity contribution is -0.0155. The second-order valence-corrected chi connectivity index (χ2v) is 14.5. The van der Waals surface area contributed by atoms with Crippen LogP contribution in [0.2, 0.25) is 0 Å². The molecule has 268 valence electrons. The fourth-order valence-corrected chi connectivity index (χ4v) is 8.64. The third kappa shape index (κ3) is 7.88. The Labute approximate surface area is 298 Å². The monoisotopic (exact) mass is 691 g/mol. The Morgan fingerprint density at radius 1 is 0.863 bits per heavy atom. The molecule has 2 bridgehead atoms. The number of H-pyrrole nitrogens is 1. The number of piperidine rings is 4. The van der Waals surface area contributed by atoms with Gasteiger partial charge >= 0.3 is 0 Å². The van der Waals surface area contributed by atoms with Crippen LogP contribution in [0, 0.1) is 11.8 Å². The van der Waals surface area contributed by atoms with E-state index >= 15 is 0 Å². The van der Waals surface area contributed by atoms with Crippen molar-refractivity contribution in [2.24, 2.45) is 11.8 Å². The maximum atomic E-state index is 14.1. The first-order chi connectivity index (χ1) is 24.9. The van der Waals surface area contributed by atoms with Crippen LogP contribution < -0.4 is 16.2 Å². The van der Waals surface area contributed by atoms with Gasteiger partial charge in [-0.05, 0) is 123 Å². The topological polar surface area (TPSA) is 138 Å². The smallest absolute Gasteiger partial charge is 0.254 e. The van der Waals surface area contributed by atoms with Gasteiger partial charge in [0.1, 0.15) is 5.75 Å². The number of carbonyl (C=O) groups is 2. The third-order valence-electron chi connectivity index (χ3n) is 11.4.